The Labute approximate surface area is 183 Å². The van der Waals surface area contributed by atoms with Gasteiger partial charge in [0.2, 0.25) is 0 Å². The average molecular weight is 441 g/mol. The van der Waals surface area contributed by atoms with E-state index in [1.54, 1.807) is 31.2 Å². The minimum absolute atomic E-state index is 0.0385. The first-order valence-corrected chi connectivity index (χ1v) is 11.2. The van der Waals surface area contributed by atoms with Crippen LogP contribution in [0, 0.1) is 6.92 Å². The van der Waals surface area contributed by atoms with Gasteiger partial charge in [0.05, 0.1) is 30.9 Å². The molecule has 0 spiro atoms. The molecule has 0 N–H and O–H groups in total. The topological polar surface area (TPSA) is 87.5 Å². The van der Waals surface area contributed by atoms with E-state index in [1.807, 2.05) is 0 Å². The van der Waals surface area contributed by atoms with E-state index in [2.05, 4.69) is 4.98 Å². The second-order valence-electron chi connectivity index (χ2n) is 7.77. The lowest BCUT2D eigenvalue weighted by atomic mass is 9.98. The van der Waals surface area contributed by atoms with Gasteiger partial charge in [-0.2, -0.15) is 0 Å². The molecule has 1 saturated carbocycles. The van der Waals surface area contributed by atoms with Gasteiger partial charge < -0.3 is 9.47 Å². The molecular formula is C23H24N2O5S. The fourth-order valence-corrected chi connectivity index (χ4v) is 4.94. The maximum Gasteiger partial charge on any atom is 0.348 e. The van der Waals surface area contributed by atoms with Crippen LogP contribution in [0.2, 0.25) is 0 Å². The average Bonchev–Trinajstić information content (AvgIpc) is 3.13. The van der Waals surface area contributed by atoms with Gasteiger partial charge >= 0.3 is 11.9 Å². The molecule has 1 aliphatic rings. The number of thiophene rings is 1. The number of carbonyl (C=O) groups is 2. The maximum absolute atomic E-state index is 13.1. The molecule has 3 aromatic rings. The van der Waals surface area contributed by atoms with E-state index < -0.39 is 5.97 Å². The monoisotopic (exact) mass is 440 g/mol. The number of fused-ring (bicyclic) bond motifs is 1. The number of methoxy groups -OCH3 is 1. The van der Waals surface area contributed by atoms with Gasteiger partial charge in [0.25, 0.3) is 5.56 Å². The molecule has 4 rings (SSSR count). The minimum atomic E-state index is -0.409. The molecule has 1 aromatic carbocycles. The number of ether oxygens (including phenoxy) is 2. The van der Waals surface area contributed by atoms with Gasteiger partial charge in [-0.05, 0) is 55.9 Å². The molecule has 2 aromatic heterocycles. The summed E-state index contributed by atoms with van der Waals surface area (Å²) in [4.78, 5) is 42.8. The van der Waals surface area contributed by atoms with Crippen LogP contribution >= 0.6 is 11.3 Å². The Morgan fingerprint density at radius 2 is 1.84 bits per heavy atom. The van der Waals surface area contributed by atoms with Crippen LogP contribution in [-0.4, -0.2) is 34.7 Å². The summed E-state index contributed by atoms with van der Waals surface area (Å²) in [5, 5.41) is 0.453. The van der Waals surface area contributed by atoms with Crippen LogP contribution < -0.4 is 5.56 Å². The van der Waals surface area contributed by atoms with Crippen LogP contribution in [0.3, 0.4) is 0 Å². The summed E-state index contributed by atoms with van der Waals surface area (Å²) in [6.07, 6.45) is 6.59. The van der Waals surface area contributed by atoms with Crippen LogP contribution in [0.1, 0.15) is 63.3 Å². The Balaban J connectivity index is 1.58. The van der Waals surface area contributed by atoms with Crippen molar-refractivity contribution in [1.29, 1.82) is 0 Å². The summed E-state index contributed by atoms with van der Waals surface area (Å²) in [5.41, 5.74) is 1.71. The zero-order chi connectivity index (χ0) is 22.0. The van der Waals surface area contributed by atoms with Crippen LogP contribution in [0.15, 0.2) is 35.4 Å². The molecule has 1 fully saturated rings. The molecule has 0 radical (unpaired) electrons. The van der Waals surface area contributed by atoms with Crippen molar-refractivity contribution in [1.82, 2.24) is 9.55 Å². The third-order valence-corrected chi connectivity index (χ3v) is 6.84. The maximum atomic E-state index is 13.1. The standard InChI is InChI=1S/C23H24N2O5S/c1-14-18-20(31-19(14)23(28)30-17-6-4-3-5-7-17)24-13-25(21(18)26)12-15-8-10-16(11-9-15)22(27)29-2/h8-11,13,17H,3-7,12H2,1-2H3. The summed E-state index contributed by atoms with van der Waals surface area (Å²) in [7, 11) is 1.33. The van der Waals surface area contributed by atoms with Crippen molar-refractivity contribution in [2.24, 2.45) is 0 Å². The summed E-state index contributed by atoms with van der Waals surface area (Å²) in [5.74, 6) is -0.773. The molecule has 0 atom stereocenters. The van der Waals surface area contributed by atoms with Crippen LogP contribution in [0.4, 0.5) is 0 Å². The Hall–Kier alpha value is -3.00. The Kier molecular flexibility index (Phi) is 6.18. The number of hydrogen-bond acceptors (Lipinski definition) is 7. The minimum Gasteiger partial charge on any atom is -0.465 e. The molecule has 31 heavy (non-hydrogen) atoms. The lowest BCUT2D eigenvalue weighted by Crippen LogP contribution is -2.22. The second-order valence-corrected chi connectivity index (χ2v) is 8.77. The predicted octanol–water partition coefficient (Wildman–Crippen LogP) is 4.09. The first-order chi connectivity index (χ1) is 15.0. The van der Waals surface area contributed by atoms with Gasteiger partial charge in [0.1, 0.15) is 15.8 Å². The molecular weight excluding hydrogens is 416 g/mol. The molecule has 0 saturated heterocycles. The lowest BCUT2D eigenvalue weighted by Gasteiger charge is -2.21. The highest BCUT2D eigenvalue weighted by Crippen LogP contribution is 2.29. The van der Waals surface area contributed by atoms with Gasteiger partial charge in [0, 0.05) is 0 Å². The van der Waals surface area contributed by atoms with E-state index in [1.165, 1.54) is 35.8 Å². The van der Waals surface area contributed by atoms with E-state index in [9.17, 15) is 14.4 Å². The van der Waals surface area contributed by atoms with Crippen molar-refractivity contribution in [3.63, 3.8) is 0 Å². The molecule has 8 heteroatoms. The SMILES string of the molecule is COC(=O)c1ccc(Cn2cnc3sc(C(=O)OC4CCCCC4)c(C)c3c2=O)cc1. The first-order valence-electron chi connectivity index (χ1n) is 10.3. The molecule has 2 heterocycles. The predicted molar refractivity (Wildman–Crippen MR) is 118 cm³/mol. The quantitative estimate of drug-likeness (QED) is 0.556. The molecule has 0 aliphatic heterocycles. The van der Waals surface area contributed by atoms with Crippen molar-refractivity contribution in [3.8, 4) is 0 Å². The third kappa shape index (κ3) is 4.39. The fraction of sp³-hybridized carbons (Fsp3) is 0.391. The first kappa shape index (κ1) is 21.2. The van der Waals surface area contributed by atoms with E-state index in [0.29, 0.717) is 32.8 Å². The van der Waals surface area contributed by atoms with E-state index in [0.717, 1.165) is 31.2 Å². The summed E-state index contributed by atoms with van der Waals surface area (Å²) in [6.45, 7) is 2.08. The molecule has 1 aliphatic carbocycles. The van der Waals surface area contributed by atoms with Crippen molar-refractivity contribution in [2.45, 2.75) is 51.7 Å². The Morgan fingerprint density at radius 1 is 1.13 bits per heavy atom. The summed E-state index contributed by atoms with van der Waals surface area (Å²) in [6, 6.07) is 6.87. The number of esters is 2. The Morgan fingerprint density at radius 3 is 2.52 bits per heavy atom. The second kappa shape index (κ2) is 9.01. The van der Waals surface area contributed by atoms with Gasteiger partial charge in [-0.1, -0.05) is 18.6 Å². The number of hydrogen-bond donors (Lipinski definition) is 0. The smallest absolute Gasteiger partial charge is 0.348 e. The van der Waals surface area contributed by atoms with Crippen molar-refractivity contribution in [2.75, 3.05) is 7.11 Å². The van der Waals surface area contributed by atoms with Gasteiger partial charge in [-0.25, -0.2) is 14.6 Å². The number of aromatic nitrogens is 2. The Bertz CT molecular complexity index is 1170. The molecule has 0 unspecified atom stereocenters. The molecule has 0 bridgehead atoms. The zero-order valence-electron chi connectivity index (χ0n) is 17.6. The van der Waals surface area contributed by atoms with E-state index >= 15 is 0 Å². The fourth-order valence-electron chi connectivity index (χ4n) is 3.92. The number of rotatable bonds is 5. The molecule has 0 amide bonds. The van der Waals surface area contributed by atoms with Crippen LogP contribution in [0.25, 0.3) is 10.2 Å². The summed E-state index contributed by atoms with van der Waals surface area (Å²) >= 11 is 1.21. The van der Waals surface area contributed by atoms with Crippen molar-refractivity contribution >= 4 is 33.5 Å². The highest BCUT2D eigenvalue weighted by Gasteiger charge is 2.24. The van der Waals surface area contributed by atoms with Crippen molar-refractivity contribution < 1.29 is 19.1 Å². The third-order valence-electron chi connectivity index (χ3n) is 5.66. The van der Waals surface area contributed by atoms with Gasteiger partial charge in [0.15, 0.2) is 0 Å². The van der Waals surface area contributed by atoms with Crippen LogP contribution in [0.5, 0.6) is 0 Å². The number of carbonyl (C=O) groups excluding carboxylic acids is 2. The highest BCUT2D eigenvalue weighted by molar-refractivity contribution is 7.20. The number of benzene rings is 1. The molecule has 7 nitrogen and oxygen atoms in total. The lowest BCUT2D eigenvalue weighted by molar-refractivity contribution is 0.0216. The van der Waals surface area contributed by atoms with Crippen molar-refractivity contribution in [3.05, 3.63) is 62.5 Å². The normalized spacial score (nSPS) is 14.5. The van der Waals surface area contributed by atoms with Gasteiger partial charge in [-0.3, -0.25) is 9.36 Å². The largest absolute Gasteiger partial charge is 0.465 e. The van der Waals surface area contributed by atoms with Crippen LogP contribution in [-0.2, 0) is 16.0 Å². The molecule has 162 valence electrons. The van der Waals surface area contributed by atoms with E-state index in [4.69, 9.17) is 9.47 Å². The van der Waals surface area contributed by atoms with E-state index in [-0.39, 0.29) is 17.6 Å². The number of aryl methyl sites for hydroxylation is 1. The highest BCUT2D eigenvalue weighted by atomic mass is 32.1. The van der Waals surface area contributed by atoms with Gasteiger partial charge in [-0.15, -0.1) is 11.3 Å². The summed E-state index contributed by atoms with van der Waals surface area (Å²) < 4.78 is 11.9. The zero-order valence-corrected chi connectivity index (χ0v) is 18.4. The number of nitrogens with zero attached hydrogens (tertiary/aromatic N) is 2.